The SMILES string of the molecule is CC.CN(I)C(=O)N1CCCCCC1. The van der Waals surface area contributed by atoms with E-state index in [1.807, 2.05) is 41.6 Å². The van der Waals surface area contributed by atoms with E-state index in [1.54, 1.807) is 10.2 Å². The molecular formula is C10H21IN2O. The Morgan fingerprint density at radius 2 is 1.57 bits per heavy atom. The molecule has 3 nitrogen and oxygen atoms in total. The Labute approximate surface area is 101 Å². The van der Waals surface area contributed by atoms with E-state index in [0.29, 0.717) is 0 Å². The Bertz CT molecular complexity index is 154. The van der Waals surface area contributed by atoms with Gasteiger partial charge in [0.15, 0.2) is 0 Å². The van der Waals surface area contributed by atoms with E-state index in [1.165, 1.54) is 12.8 Å². The first-order valence-electron chi connectivity index (χ1n) is 5.40. The molecule has 0 N–H and O–H groups in total. The van der Waals surface area contributed by atoms with E-state index in [-0.39, 0.29) is 6.03 Å². The third kappa shape index (κ3) is 5.02. The van der Waals surface area contributed by atoms with Crippen LogP contribution in [-0.2, 0) is 0 Å². The molecule has 0 aromatic rings. The lowest BCUT2D eigenvalue weighted by atomic mass is 10.2. The van der Waals surface area contributed by atoms with E-state index >= 15 is 0 Å². The van der Waals surface area contributed by atoms with Crippen molar-refractivity contribution in [1.82, 2.24) is 8.01 Å². The van der Waals surface area contributed by atoms with Gasteiger partial charge in [0.05, 0.1) is 22.9 Å². The van der Waals surface area contributed by atoms with Crippen molar-refractivity contribution < 1.29 is 4.79 Å². The number of rotatable bonds is 0. The fourth-order valence-corrected chi connectivity index (χ4v) is 1.76. The summed E-state index contributed by atoms with van der Waals surface area (Å²) in [5.41, 5.74) is 0. The summed E-state index contributed by atoms with van der Waals surface area (Å²) in [6, 6.07) is 0.150. The summed E-state index contributed by atoms with van der Waals surface area (Å²) >= 11 is 2.03. The molecule has 1 saturated heterocycles. The monoisotopic (exact) mass is 312 g/mol. The second kappa shape index (κ2) is 8.32. The normalized spacial score (nSPS) is 16.4. The van der Waals surface area contributed by atoms with Gasteiger partial charge in [-0.2, -0.15) is 0 Å². The number of halogens is 1. The molecule has 0 aliphatic carbocycles. The number of urea groups is 1. The van der Waals surface area contributed by atoms with Gasteiger partial charge < -0.3 is 4.90 Å². The van der Waals surface area contributed by atoms with E-state index in [9.17, 15) is 4.79 Å². The first kappa shape index (κ1) is 14.0. The van der Waals surface area contributed by atoms with Gasteiger partial charge in [0.2, 0.25) is 0 Å². The Morgan fingerprint density at radius 3 is 1.93 bits per heavy atom. The summed E-state index contributed by atoms with van der Waals surface area (Å²) in [5.74, 6) is 0. The van der Waals surface area contributed by atoms with Crippen LogP contribution in [0.2, 0.25) is 0 Å². The molecule has 0 radical (unpaired) electrons. The highest BCUT2D eigenvalue weighted by atomic mass is 127. The van der Waals surface area contributed by atoms with Crippen LogP contribution >= 0.6 is 22.9 Å². The van der Waals surface area contributed by atoms with Crippen molar-refractivity contribution in [2.24, 2.45) is 0 Å². The lowest BCUT2D eigenvalue weighted by Crippen LogP contribution is -2.37. The van der Waals surface area contributed by atoms with Crippen molar-refractivity contribution in [2.45, 2.75) is 39.5 Å². The Morgan fingerprint density at radius 1 is 1.14 bits per heavy atom. The lowest BCUT2D eigenvalue weighted by Gasteiger charge is -2.22. The van der Waals surface area contributed by atoms with Crippen molar-refractivity contribution in [1.29, 1.82) is 0 Å². The van der Waals surface area contributed by atoms with Crippen LogP contribution in [-0.4, -0.2) is 34.2 Å². The van der Waals surface area contributed by atoms with Gasteiger partial charge in [0.25, 0.3) is 0 Å². The summed E-state index contributed by atoms with van der Waals surface area (Å²) < 4.78 is 1.63. The second-order valence-corrected chi connectivity index (χ2v) is 4.61. The minimum atomic E-state index is 0.150. The molecule has 1 rings (SSSR count). The van der Waals surface area contributed by atoms with Gasteiger partial charge in [-0.1, -0.05) is 26.7 Å². The number of hydrogen-bond acceptors (Lipinski definition) is 1. The summed E-state index contributed by atoms with van der Waals surface area (Å²) in [4.78, 5) is 13.4. The van der Waals surface area contributed by atoms with Crippen LogP contribution in [0.3, 0.4) is 0 Å². The van der Waals surface area contributed by atoms with Gasteiger partial charge in [-0.3, -0.25) is 3.11 Å². The smallest absolute Gasteiger partial charge is 0.324 e. The zero-order valence-corrected chi connectivity index (χ0v) is 11.6. The predicted octanol–water partition coefficient (Wildman–Crippen LogP) is 3.29. The van der Waals surface area contributed by atoms with Crippen molar-refractivity contribution in [3.05, 3.63) is 0 Å². The van der Waals surface area contributed by atoms with Crippen LogP contribution in [0.15, 0.2) is 0 Å². The molecule has 1 fully saturated rings. The highest BCUT2D eigenvalue weighted by Crippen LogP contribution is 2.12. The molecule has 1 aliphatic rings. The number of hydrogen-bond donors (Lipinski definition) is 0. The number of carbonyl (C=O) groups excluding carboxylic acids is 1. The fourth-order valence-electron chi connectivity index (χ4n) is 1.46. The Balaban J connectivity index is 0.000000791. The number of likely N-dealkylation sites (tertiary alicyclic amines) is 1. The molecule has 0 aromatic heterocycles. The van der Waals surface area contributed by atoms with Crippen LogP contribution < -0.4 is 0 Å². The summed E-state index contributed by atoms with van der Waals surface area (Å²) in [6.07, 6.45) is 4.87. The maximum Gasteiger partial charge on any atom is 0.328 e. The first-order valence-corrected chi connectivity index (χ1v) is 6.36. The Hall–Kier alpha value is 0. The van der Waals surface area contributed by atoms with E-state index in [2.05, 4.69) is 0 Å². The third-order valence-electron chi connectivity index (χ3n) is 2.14. The molecule has 0 unspecified atom stereocenters. The topological polar surface area (TPSA) is 23.6 Å². The van der Waals surface area contributed by atoms with Crippen molar-refractivity contribution in [3.8, 4) is 0 Å². The molecule has 0 spiro atoms. The second-order valence-electron chi connectivity index (χ2n) is 3.16. The van der Waals surface area contributed by atoms with E-state index in [0.717, 1.165) is 25.9 Å². The molecule has 0 saturated carbocycles. The summed E-state index contributed by atoms with van der Waals surface area (Å²) in [5, 5.41) is 0. The van der Waals surface area contributed by atoms with Crippen LogP contribution in [0.4, 0.5) is 4.79 Å². The molecular weight excluding hydrogens is 291 g/mol. The lowest BCUT2D eigenvalue weighted by molar-refractivity contribution is 0.190. The van der Waals surface area contributed by atoms with Crippen LogP contribution in [0.1, 0.15) is 39.5 Å². The average Bonchev–Trinajstić information content (AvgIpc) is 2.47. The molecule has 2 amide bonds. The minimum absolute atomic E-state index is 0.150. The van der Waals surface area contributed by atoms with Crippen molar-refractivity contribution in [2.75, 3.05) is 20.1 Å². The fraction of sp³-hybridized carbons (Fsp3) is 0.900. The van der Waals surface area contributed by atoms with Gasteiger partial charge in [0.1, 0.15) is 0 Å². The van der Waals surface area contributed by atoms with Crippen molar-refractivity contribution in [3.63, 3.8) is 0 Å². The van der Waals surface area contributed by atoms with Gasteiger partial charge in [-0.05, 0) is 12.8 Å². The minimum Gasteiger partial charge on any atom is -0.324 e. The molecule has 0 bridgehead atoms. The van der Waals surface area contributed by atoms with Crippen LogP contribution in [0.25, 0.3) is 0 Å². The zero-order chi connectivity index (χ0) is 11.0. The standard InChI is InChI=1S/C8H15IN2O.C2H6/c1-10(9)8(12)11-6-4-2-3-5-7-11;1-2/h2-7H2,1H3;1-2H3. The third-order valence-corrected chi connectivity index (χ3v) is 2.55. The number of carbonyl (C=O) groups is 1. The maximum atomic E-state index is 11.5. The number of nitrogens with zero attached hydrogens (tertiary/aromatic N) is 2. The van der Waals surface area contributed by atoms with Crippen molar-refractivity contribution >= 4 is 28.9 Å². The summed E-state index contributed by atoms with van der Waals surface area (Å²) in [6.45, 7) is 5.87. The highest BCUT2D eigenvalue weighted by molar-refractivity contribution is 14.1. The van der Waals surface area contributed by atoms with E-state index < -0.39 is 0 Å². The van der Waals surface area contributed by atoms with Gasteiger partial charge in [-0.25, -0.2) is 4.79 Å². The summed E-state index contributed by atoms with van der Waals surface area (Å²) in [7, 11) is 1.80. The molecule has 14 heavy (non-hydrogen) atoms. The molecule has 1 heterocycles. The first-order chi connectivity index (χ1) is 6.72. The number of amides is 2. The van der Waals surface area contributed by atoms with Crippen LogP contribution in [0, 0.1) is 0 Å². The Kier molecular flexibility index (Phi) is 8.32. The molecule has 84 valence electrons. The molecule has 0 aromatic carbocycles. The van der Waals surface area contributed by atoms with Gasteiger partial charge in [0, 0.05) is 20.1 Å². The molecule has 4 heteroatoms. The average molecular weight is 312 g/mol. The molecule has 1 aliphatic heterocycles. The van der Waals surface area contributed by atoms with E-state index in [4.69, 9.17) is 0 Å². The van der Waals surface area contributed by atoms with Crippen LogP contribution in [0.5, 0.6) is 0 Å². The molecule has 0 atom stereocenters. The quantitative estimate of drug-likeness (QED) is 0.497. The maximum absolute atomic E-state index is 11.5. The predicted molar refractivity (Wildman–Crippen MR) is 68.6 cm³/mol. The largest absolute Gasteiger partial charge is 0.328 e. The van der Waals surface area contributed by atoms with Gasteiger partial charge in [-0.15, -0.1) is 0 Å². The highest BCUT2D eigenvalue weighted by Gasteiger charge is 2.16. The van der Waals surface area contributed by atoms with Gasteiger partial charge >= 0.3 is 6.03 Å². The zero-order valence-electron chi connectivity index (χ0n) is 9.42.